The van der Waals surface area contributed by atoms with Crippen LogP contribution in [0.2, 0.25) is 0 Å². The second kappa shape index (κ2) is 6.90. The number of aryl methyl sites for hydroxylation is 2. The number of carbonyl (C=O) groups excluding carboxylic acids is 1. The van der Waals surface area contributed by atoms with Gasteiger partial charge in [-0.1, -0.05) is 17.4 Å². The molecule has 124 valence electrons. The van der Waals surface area contributed by atoms with Crippen molar-refractivity contribution in [3.05, 3.63) is 52.3 Å². The highest BCUT2D eigenvalue weighted by atomic mass is 32.1. The van der Waals surface area contributed by atoms with Crippen molar-refractivity contribution in [1.29, 1.82) is 0 Å². The Morgan fingerprint density at radius 3 is 2.83 bits per heavy atom. The van der Waals surface area contributed by atoms with Crippen LogP contribution in [0, 0.1) is 13.8 Å². The minimum absolute atomic E-state index is 0.238. The molecule has 0 aliphatic rings. The van der Waals surface area contributed by atoms with Gasteiger partial charge in [-0.3, -0.25) is 10.1 Å². The van der Waals surface area contributed by atoms with Crippen molar-refractivity contribution in [2.45, 2.75) is 20.5 Å². The normalized spacial score (nSPS) is 10.8. The summed E-state index contributed by atoms with van der Waals surface area (Å²) in [5.74, 6) is -0.238. The van der Waals surface area contributed by atoms with E-state index in [0.29, 0.717) is 22.3 Å². The van der Waals surface area contributed by atoms with Crippen LogP contribution >= 0.6 is 11.3 Å². The fourth-order valence-corrected chi connectivity index (χ4v) is 3.03. The van der Waals surface area contributed by atoms with Crippen LogP contribution in [-0.4, -0.2) is 33.0 Å². The largest absolute Gasteiger partial charge is 0.377 e. The maximum Gasteiger partial charge on any atom is 0.257 e. The minimum atomic E-state index is -0.238. The van der Waals surface area contributed by atoms with Gasteiger partial charge in [0.25, 0.3) is 5.91 Å². The van der Waals surface area contributed by atoms with Crippen molar-refractivity contribution >= 4 is 22.4 Å². The summed E-state index contributed by atoms with van der Waals surface area (Å²) in [5.41, 5.74) is 3.31. The maximum absolute atomic E-state index is 12.4. The van der Waals surface area contributed by atoms with Gasteiger partial charge in [-0.2, -0.15) is 5.10 Å². The van der Waals surface area contributed by atoms with E-state index in [1.807, 2.05) is 36.7 Å². The van der Waals surface area contributed by atoms with Crippen LogP contribution in [0.15, 0.2) is 30.3 Å². The lowest BCUT2D eigenvalue weighted by Gasteiger charge is -2.07. The number of anilines is 1. The van der Waals surface area contributed by atoms with Gasteiger partial charge in [-0.05, 0) is 38.1 Å². The fourth-order valence-electron chi connectivity index (χ4n) is 2.32. The quantitative estimate of drug-likeness (QED) is 0.770. The minimum Gasteiger partial charge on any atom is -0.377 e. The summed E-state index contributed by atoms with van der Waals surface area (Å²) in [7, 11) is 1.59. The molecular weight excluding hydrogens is 326 g/mol. The number of ether oxygens (including phenoxy) is 1. The first-order valence-corrected chi connectivity index (χ1v) is 8.15. The van der Waals surface area contributed by atoms with E-state index in [4.69, 9.17) is 4.74 Å². The lowest BCUT2D eigenvalue weighted by atomic mass is 10.2. The predicted octanol–water partition coefficient (Wildman–Crippen LogP) is 2.74. The molecule has 3 aromatic rings. The first-order valence-electron chi connectivity index (χ1n) is 7.33. The molecule has 0 aliphatic heterocycles. The number of rotatable bonds is 5. The van der Waals surface area contributed by atoms with Crippen LogP contribution in [0.25, 0.3) is 5.69 Å². The maximum atomic E-state index is 12.4. The molecule has 1 N–H and O–H groups in total. The third kappa shape index (κ3) is 3.50. The Hall–Kier alpha value is -2.58. The Morgan fingerprint density at radius 2 is 2.12 bits per heavy atom. The van der Waals surface area contributed by atoms with Crippen LogP contribution in [0.4, 0.5) is 5.13 Å². The van der Waals surface area contributed by atoms with E-state index in [0.717, 1.165) is 17.1 Å². The molecule has 3 rings (SSSR count). The van der Waals surface area contributed by atoms with Gasteiger partial charge in [0, 0.05) is 18.4 Å². The number of benzene rings is 1. The molecule has 1 amide bonds. The van der Waals surface area contributed by atoms with Gasteiger partial charge in [0.1, 0.15) is 11.6 Å². The summed E-state index contributed by atoms with van der Waals surface area (Å²) in [6.45, 7) is 4.29. The van der Waals surface area contributed by atoms with Gasteiger partial charge in [0.2, 0.25) is 5.13 Å². The Kier molecular flexibility index (Phi) is 4.68. The highest BCUT2D eigenvalue weighted by molar-refractivity contribution is 7.15. The molecule has 7 nitrogen and oxygen atoms in total. The Balaban J connectivity index is 1.80. The van der Waals surface area contributed by atoms with Crippen molar-refractivity contribution in [2.24, 2.45) is 0 Å². The first kappa shape index (κ1) is 16.3. The number of methoxy groups -OCH3 is 1. The third-order valence-corrected chi connectivity index (χ3v) is 4.13. The lowest BCUT2D eigenvalue weighted by molar-refractivity contribution is 0.102. The first-order chi connectivity index (χ1) is 11.6. The van der Waals surface area contributed by atoms with Crippen molar-refractivity contribution < 1.29 is 9.53 Å². The lowest BCUT2D eigenvalue weighted by Crippen LogP contribution is -2.12. The summed E-state index contributed by atoms with van der Waals surface area (Å²) in [6.07, 6.45) is 0. The average Bonchev–Trinajstić information content (AvgIpc) is 3.14. The van der Waals surface area contributed by atoms with Crippen LogP contribution in [0.5, 0.6) is 0 Å². The van der Waals surface area contributed by atoms with Crippen LogP contribution in [0.3, 0.4) is 0 Å². The van der Waals surface area contributed by atoms with E-state index in [1.54, 1.807) is 19.2 Å². The van der Waals surface area contributed by atoms with Crippen LogP contribution in [0.1, 0.15) is 26.8 Å². The highest BCUT2D eigenvalue weighted by Crippen LogP contribution is 2.18. The molecule has 2 aromatic heterocycles. The van der Waals surface area contributed by atoms with E-state index in [9.17, 15) is 4.79 Å². The van der Waals surface area contributed by atoms with E-state index >= 15 is 0 Å². The molecule has 0 saturated carbocycles. The molecule has 0 unspecified atom stereocenters. The Bertz CT molecular complexity index is 871. The Labute approximate surface area is 143 Å². The zero-order chi connectivity index (χ0) is 17.1. The summed E-state index contributed by atoms with van der Waals surface area (Å²) >= 11 is 1.29. The summed E-state index contributed by atoms with van der Waals surface area (Å²) in [5, 5.41) is 16.2. The molecule has 0 spiro atoms. The van der Waals surface area contributed by atoms with Gasteiger partial charge < -0.3 is 4.74 Å². The molecule has 0 bridgehead atoms. The highest BCUT2D eigenvalue weighted by Gasteiger charge is 2.12. The third-order valence-electron chi connectivity index (χ3n) is 3.32. The number of nitrogens with one attached hydrogen (secondary N) is 1. The number of aromatic nitrogens is 4. The molecule has 1 aromatic carbocycles. The Morgan fingerprint density at radius 1 is 1.29 bits per heavy atom. The van der Waals surface area contributed by atoms with Gasteiger partial charge in [-0.15, -0.1) is 10.2 Å². The second-order valence-electron chi connectivity index (χ2n) is 5.28. The molecule has 2 heterocycles. The van der Waals surface area contributed by atoms with Gasteiger partial charge >= 0.3 is 0 Å². The van der Waals surface area contributed by atoms with Crippen molar-refractivity contribution in [2.75, 3.05) is 12.4 Å². The average molecular weight is 343 g/mol. The van der Waals surface area contributed by atoms with Gasteiger partial charge in [0.05, 0.1) is 11.4 Å². The van der Waals surface area contributed by atoms with Gasteiger partial charge in [-0.25, -0.2) is 4.68 Å². The standard InChI is InChI=1S/C16H17N5O2S/c1-10-7-11(2)21(20-10)13-6-4-5-12(8-13)15(22)17-16-19-18-14(24-16)9-23-3/h4-8H,9H2,1-3H3,(H,17,19,22). The molecule has 0 radical (unpaired) electrons. The summed E-state index contributed by atoms with van der Waals surface area (Å²) in [6, 6.07) is 9.29. The number of nitrogens with zero attached hydrogens (tertiary/aromatic N) is 4. The monoisotopic (exact) mass is 343 g/mol. The van der Waals surface area contributed by atoms with E-state index in [1.165, 1.54) is 11.3 Å². The van der Waals surface area contributed by atoms with Crippen molar-refractivity contribution in [3.63, 3.8) is 0 Å². The van der Waals surface area contributed by atoms with E-state index < -0.39 is 0 Å². The van der Waals surface area contributed by atoms with Crippen LogP contribution < -0.4 is 5.32 Å². The van der Waals surface area contributed by atoms with Crippen LogP contribution in [-0.2, 0) is 11.3 Å². The molecule has 0 saturated heterocycles. The molecule has 8 heteroatoms. The predicted molar refractivity (Wildman–Crippen MR) is 91.6 cm³/mol. The number of hydrogen-bond donors (Lipinski definition) is 1. The molecule has 0 aliphatic carbocycles. The fraction of sp³-hybridized carbons (Fsp3) is 0.250. The SMILES string of the molecule is COCc1nnc(NC(=O)c2cccc(-n3nc(C)cc3C)c2)s1. The number of hydrogen-bond acceptors (Lipinski definition) is 6. The van der Waals surface area contributed by atoms with E-state index in [2.05, 4.69) is 20.6 Å². The molecule has 24 heavy (non-hydrogen) atoms. The second-order valence-corrected chi connectivity index (χ2v) is 6.34. The zero-order valence-electron chi connectivity index (χ0n) is 13.6. The topological polar surface area (TPSA) is 81.9 Å². The van der Waals surface area contributed by atoms with Crippen molar-refractivity contribution in [1.82, 2.24) is 20.0 Å². The summed E-state index contributed by atoms with van der Waals surface area (Å²) in [4.78, 5) is 12.4. The van der Waals surface area contributed by atoms with E-state index in [-0.39, 0.29) is 5.91 Å². The summed E-state index contributed by atoms with van der Waals surface area (Å²) < 4.78 is 6.81. The molecule has 0 fully saturated rings. The van der Waals surface area contributed by atoms with Crippen molar-refractivity contribution in [3.8, 4) is 5.69 Å². The zero-order valence-corrected chi connectivity index (χ0v) is 14.4. The molecular formula is C16H17N5O2S. The number of carbonyl (C=O) groups is 1. The van der Waals surface area contributed by atoms with Gasteiger partial charge in [0.15, 0.2) is 0 Å². The smallest absolute Gasteiger partial charge is 0.257 e. The molecule has 0 atom stereocenters. The number of amides is 1.